The van der Waals surface area contributed by atoms with Gasteiger partial charge in [0.15, 0.2) is 5.17 Å². The summed E-state index contributed by atoms with van der Waals surface area (Å²) in [7, 11) is 0. The van der Waals surface area contributed by atoms with Crippen LogP contribution in [0.1, 0.15) is 28.6 Å². The highest BCUT2D eigenvalue weighted by molar-refractivity contribution is 8.15. The first-order valence-electron chi connectivity index (χ1n) is 8.67. The summed E-state index contributed by atoms with van der Waals surface area (Å²) in [5.74, 6) is -0.965. The van der Waals surface area contributed by atoms with Crippen molar-refractivity contribution in [3.05, 3.63) is 16.5 Å². The molecule has 1 atom stereocenters. The number of aliphatic imine (C=N–C) groups is 1. The standard InChI is InChI=1S/C17H21N3O5S2/c1-3-25-16(23)14-10(2)8-13(27-14)18-12(21)9-11-15(22)19-17(26-11)20-4-6-24-7-5-20/h8,11H,3-7,9H2,1-2H3,(H,18,21)/t11-/m1/s1. The number of esters is 1. The molecule has 1 aromatic rings. The van der Waals surface area contributed by atoms with E-state index in [1.807, 2.05) is 4.90 Å². The van der Waals surface area contributed by atoms with E-state index in [1.54, 1.807) is 19.9 Å². The van der Waals surface area contributed by atoms with Crippen LogP contribution in [0, 0.1) is 6.92 Å². The number of rotatable bonds is 5. The first-order chi connectivity index (χ1) is 13.0. The van der Waals surface area contributed by atoms with Crippen LogP contribution in [-0.2, 0) is 19.1 Å². The van der Waals surface area contributed by atoms with Crippen LogP contribution >= 0.6 is 23.1 Å². The summed E-state index contributed by atoms with van der Waals surface area (Å²) in [4.78, 5) is 42.9. The highest BCUT2D eigenvalue weighted by Gasteiger charge is 2.33. The summed E-state index contributed by atoms with van der Waals surface area (Å²) in [5.41, 5.74) is 0.748. The van der Waals surface area contributed by atoms with Crippen molar-refractivity contribution in [1.82, 2.24) is 4.90 Å². The molecule has 2 amide bonds. The van der Waals surface area contributed by atoms with Gasteiger partial charge in [0, 0.05) is 19.5 Å². The minimum Gasteiger partial charge on any atom is -0.462 e. The molecule has 0 aromatic carbocycles. The number of amidine groups is 1. The Bertz CT molecular complexity index is 771. The second kappa shape index (κ2) is 8.85. The smallest absolute Gasteiger partial charge is 0.348 e. The maximum Gasteiger partial charge on any atom is 0.348 e. The van der Waals surface area contributed by atoms with Crippen LogP contribution in [0.2, 0.25) is 0 Å². The Labute approximate surface area is 165 Å². The van der Waals surface area contributed by atoms with Crippen LogP contribution < -0.4 is 5.32 Å². The van der Waals surface area contributed by atoms with Crippen molar-refractivity contribution >= 4 is 51.1 Å². The lowest BCUT2D eigenvalue weighted by Gasteiger charge is -2.27. The van der Waals surface area contributed by atoms with Crippen molar-refractivity contribution in [2.75, 3.05) is 38.2 Å². The maximum absolute atomic E-state index is 12.3. The molecule has 146 valence electrons. The molecule has 2 aliphatic heterocycles. The monoisotopic (exact) mass is 411 g/mol. The SMILES string of the molecule is CCOC(=O)c1sc(NC(=O)C[C@H]2SC(N3CCOCC3)=NC2=O)cc1C. The predicted octanol–water partition coefficient (Wildman–Crippen LogP) is 1.89. The van der Waals surface area contributed by atoms with E-state index >= 15 is 0 Å². The number of anilines is 1. The zero-order valence-electron chi connectivity index (χ0n) is 15.1. The van der Waals surface area contributed by atoms with Gasteiger partial charge in [-0.05, 0) is 25.5 Å². The number of hydrogen-bond donors (Lipinski definition) is 1. The minimum atomic E-state index is -0.520. The summed E-state index contributed by atoms with van der Waals surface area (Å²) in [5, 5.41) is 3.47. The molecule has 0 aliphatic carbocycles. The van der Waals surface area contributed by atoms with Gasteiger partial charge in [0.25, 0.3) is 5.91 Å². The molecule has 0 radical (unpaired) electrons. The molecule has 1 saturated heterocycles. The van der Waals surface area contributed by atoms with Gasteiger partial charge in [-0.3, -0.25) is 9.59 Å². The molecule has 3 rings (SSSR count). The number of carbonyl (C=O) groups is 3. The van der Waals surface area contributed by atoms with Crippen molar-refractivity contribution in [2.45, 2.75) is 25.5 Å². The lowest BCUT2D eigenvalue weighted by Crippen LogP contribution is -2.39. The number of morpholine rings is 1. The summed E-state index contributed by atoms with van der Waals surface area (Å²) >= 11 is 2.49. The van der Waals surface area contributed by atoms with Crippen LogP contribution in [0.5, 0.6) is 0 Å². The summed E-state index contributed by atoms with van der Waals surface area (Å²) in [6, 6.07) is 1.73. The number of amides is 2. The molecule has 1 fully saturated rings. The second-order valence-corrected chi connectivity index (χ2v) is 8.26. The first kappa shape index (κ1) is 19.8. The van der Waals surface area contributed by atoms with E-state index in [-0.39, 0.29) is 18.2 Å². The van der Waals surface area contributed by atoms with Crippen LogP contribution in [0.15, 0.2) is 11.1 Å². The predicted molar refractivity (Wildman–Crippen MR) is 104 cm³/mol. The quantitative estimate of drug-likeness (QED) is 0.739. The molecular formula is C17H21N3O5S2. The van der Waals surface area contributed by atoms with Crippen molar-refractivity contribution in [3.63, 3.8) is 0 Å². The minimum absolute atomic E-state index is 0.0343. The number of aryl methyl sites for hydroxylation is 1. The van der Waals surface area contributed by atoms with Gasteiger partial charge in [-0.1, -0.05) is 11.8 Å². The van der Waals surface area contributed by atoms with E-state index < -0.39 is 11.2 Å². The molecule has 3 heterocycles. The van der Waals surface area contributed by atoms with E-state index in [4.69, 9.17) is 9.47 Å². The number of hydrogen-bond acceptors (Lipinski definition) is 8. The molecular weight excluding hydrogens is 390 g/mol. The average Bonchev–Trinajstić information content (AvgIpc) is 3.18. The Kier molecular flexibility index (Phi) is 6.51. The van der Waals surface area contributed by atoms with Crippen molar-refractivity contribution in [3.8, 4) is 0 Å². The number of carbonyl (C=O) groups excluding carboxylic acids is 3. The van der Waals surface area contributed by atoms with Crippen LogP contribution in [0.4, 0.5) is 5.00 Å². The second-order valence-electron chi connectivity index (χ2n) is 6.03. The topological polar surface area (TPSA) is 97.3 Å². The van der Waals surface area contributed by atoms with E-state index in [0.717, 1.165) is 5.56 Å². The van der Waals surface area contributed by atoms with E-state index in [2.05, 4.69) is 10.3 Å². The number of thioether (sulfide) groups is 1. The molecule has 10 heteroatoms. The molecule has 0 unspecified atom stereocenters. The van der Waals surface area contributed by atoms with Gasteiger partial charge in [0.1, 0.15) is 10.1 Å². The molecule has 2 aliphatic rings. The molecule has 8 nitrogen and oxygen atoms in total. The molecule has 1 aromatic heterocycles. The highest BCUT2D eigenvalue weighted by Crippen LogP contribution is 2.30. The van der Waals surface area contributed by atoms with Crippen molar-refractivity contribution in [1.29, 1.82) is 0 Å². The van der Waals surface area contributed by atoms with Gasteiger partial charge in [-0.25, -0.2) is 4.79 Å². The molecule has 0 bridgehead atoms. The van der Waals surface area contributed by atoms with E-state index in [9.17, 15) is 14.4 Å². The van der Waals surface area contributed by atoms with Gasteiger partial charge in [-0.2, -0.15) is 4.99 Å². The fraction of sp³-hybridized carbons (Fsp3) is 0.529. The normalized spacial score (nSPS) is 19.8. The Morgan fingerprint density at radius 3 is 2.85 bits per heavy atom. The van der Waals surface area contributed by atoms with Gasteiger partial charge in [0.05, 0.1) is 24.8 Å². The third kappa shape index (κ3) is 4.88. The van der Waals surface area contributed by atoms with Gasteiger partial charge in [-0.15, -0.1) is 11.3 Å². The molecule has 0 spiro atoms. The Morgan fingerprint density at radius 1 is 1.41 bits per heavy atom. The number of nitrogens with zero attached hydrogens (tertiary/aromatic N) is 2. The van der Waals surface area contributed by atoms with E-state index in [0.29, 0.717) is 48.0 Å². The molecule has 27 heavy (non-hydrogen) atoms. The summed E-state index contributed by atoms with van der Waals surface area (Å²) in [6.07, 6.45) is 0.0343. The van der Waals surface area contributed by atoms with Crippen LogP contribution in [0.25, 0.3) is 0 Å². The summed E-state index contributed by atoms with van der Waals surface area (Å²) < 4.78 is 10.3. The zero-order chi connectivity index (χ0) is 19.4. The Morgan fingerprint density at radius 2 is 2.15 bits per heavy atom. The summed E-state index contributed by atoms with van der Waals surface area (Å²) in [6.45, 7) is 6.44. The zero-order valence-corrected chi connectivity index (χ0v) is 16.8. The van der Waals surface area contributed by atoms with Gasteiger partial charge < -0.3 is 19.7 Å². The largest absolute Gasteiger partial charge is 0.462 e. The fourth-order valence-electron chi connectivity index (χ4n) is 2.70. The van der Waals surface area contributed by atoms with Crippen LogP contribution in [-0.4, -0.2) is 66.0 Å². The Hall–Kier alpha value is -1.91. The Balaban J connectivity index is 1.55. The number of nitrogens with one attached hydrogen (secondary N) is 1. The van der Waals surface area contributed by atoms with Crippen LogP contribution in [0.3, 0.4) is 0 Å². The maximum atomic E-state index is 12.3. The van der Waals surface area contributed by atoms with Crippen molar-refractivity contribution < 1.29 is 23.9 Å². The lowest BCUT2D eigenvalue weighted by atomic mass is 10.2. The van der Waals surface area contributed by atoms with Gasteiger partial charge >= 0.3 is 5.97 Å². The highest BCUT2D eigenvalue weighted by atomic mass is 32.2. The average molecular weight is 412 g/mol. The third-order valence-electron chi connectivity index (χ3n) is 4.02. The first-order valence-corrected chi connectivity index (χ1v) is 10.4. The van der Waals surface area contributed by atoms with Gasteiger partial charge in [0.2, 0.25) is 5.91 Å². The molecule has 1 N–H and O–H groups in total. The fourth-order valence-corrected chi connectivity index (χ4v) is 4.80. The third-order valence-corrected chi connectivity index (χ3v) is 6.37. The lowest BCUT2D eigenvalue weighted by molar-refractivity contribution is -0.121. The number of thiophene rings is 1. The van der Waals surface area contributed by atoms with E-state index in [1.165, 1.54) is 23.1 Å². The molecule has 0 saturated carbocycles. The number of ether oxygens (including phenoxy) is 2. The van der Waals surface area contributed by atoms with Crippen molar-refractivity contribution in [2.24, 2.45) is 4.99 Å².